The number of halogens is 1. The number of aromatic nitrogens is 1. The first kappa shape index (κ1) is 19.7. The SMILES string of the molecule is Cc1nc(-c2ccc(F)cc2)sc1C(=O)OCC(=O)N[C@@H](C)c1ccccc1. The zero-order chi connectivity index (χ0) is 20.1. The molecule has 0 saturated carbocycles. The minimum Gasteiger partial charge on any atom is -0.451 e. The molecule has 7 heteroatoms. The molecule has 1 heterocycles. The van der Waals surface area contributed by atoms with Gasteiger partial charge in [0.1, 0.15) is 15.7 Å². The Morgan fingerprint density at radius 2 is 1.82 bits per heavy atom. The van der Waals surface area contributed by atoms with Gasteiger partial charge in [-0.2, -0.15) is 0 Å². The smallest absolute Gasteiger partial charge is 0.350 e. The molecule has 0 unspecified atom stereocenters. The Bertz CT molecular complexity index is 971. The maximum Gasteiger partial charge on any atom is 0.350 e. The first-order chi connectivity index (χ1) is 13.4. The van der Waals surface area contributed by atoms with Gasteiger partial charge in [-0.25, -0.2) is 14.2 Å². The van der Waals surface area contributed by atoms with E-state index in [1.807, 2.05) is 37.3 Å². The fraction of sp³-hybridized carbons (Fsp3) is 0.190. The number of aryl methyl sites for hydroxylation is 1. The van der Waals surface area contributed by atoms with E-state index in [2.05, 4.69) is 10.3 Å². The molecule has 0 bridgehead atoms. The number of esters is 1. The molecule has 0 radical (unpaired) electrons. The predicted octanol–water partition coefficient (Wildman–Crippen LogP) is 4.29. The van der Waals surface area contributed by atoms with Crippen molar-refractivity contribution in [3.8, 4) is 10.6 Å². The topological polar surface area (TPSA) is 68.3 Å². The number of carbonyl (C=O) groups is 2. The van der Waals surface area contributed by atoms with Crippen LogP contribution in [0.1, 0.15) is 33.9 Å². The van der Waals surface area contributed by atoms with E-state index in [1.54, 1.807) is 19.1 Å². The molecule has 1 atom stereocenters. The molecule has 5 nitrogen and oxygen atoms in total. The summed E-state index contributed by atoms with van der Waals surface area (Å²) >= 11 is 1.15. The Balaban J connectivity index is 1.59. The molecule has 0 aliphatic heterocycles. The van der Waals surface area contributed by atoms with Crippen molar-refractivity contribution in [2.45, 2.75) is 19.9 Å². The van der Waals surface area contributed by atoms with Crippen LogP contribution in [0.25, 0.3) is 10.6 Å². The summed E-state index contributed by atoms with van der Waals surface area (Å²) in [6, 6.07) is 15.2. The van der Waals surface area contributed by atoms with Crippen LogP contribution in [0.4, 0.5) is 4.39 Å². The standard InChI is InChI=1S/C21H19FN2O3S/c1-13(15-6-4-3-5-7-15)23-18(25)12-27-21(26)19-14(2)24-20(28-19)16-8-10-17(22)11-9-16/h3-11,13H,12H2,1-2H3,(H,23,25)/t13-/m0/s1. The molecular weight excluding hydrogens is 379 g/mol. The first-order valence-electron chi connectivity index (χ1n) is 8.69. The summed E-state index contributed by atoms with van der Waals surface area (Å²) in [6.07, 6.45) is 0. The van der Waals surface area contributed by atoms with Crippen molar-refractivity contribution in [3.05, 3.63) is 76.5 Å². The number of nitrogens with one attached hydrogen (secondary N) is 1. The zero-order valence-electron chi connectivity index (χ0n) is 15.4. The Morgan fingerprint density at radius 1 is 1.14 bits per heavy atom. The third-order valence-electron chi connectivity index (χ3n) is 4.08. The van der Waals surface area contributed by atoms with Gasteiger partial charge in [-0.05, 0) is 43.7 Å². The van der Waals surface area contributed by atoms with Crippen molar-refractivity contribution >= 4 is 23.2 Å². The lowest BCUT2D eigenvalue weighted by Crippen LogP contribution is -2.31. The molecule has 0 aliphatic carbocycles. The largest absolute Gasteiger partial charge is 0.451 e. The van der Waals surface area contributed by atoms with Crippen molar-refractivity contribution in [3.63, 3.8) is 0 Å². The van der Waals surface area contributed by atoms with Crippen LogP contribution >= 0.6 is 11.3 Å². The summed E-state index contributed by atoms with van der Waals surface area (Å²) in [5.41, 5.74) is 2.18. The third-order valence-corrected chi connectivity index (χ3v) is 5.27. The molecule has 3 aromatic rings. The van der Waals surface area contributed by atoms with E-state index in [9.17, 15) is 14.0 Å². The van der Waals surface area contributed by atoms with Crippen LogP contribution in [0, 0.1) is 12.7 Å². The van der Waals surface area contributed by atoms with E-state index >= 15 is 0 Å². The van der Waals surface area contributed by atoms with E-state index in [-0.39, 0.29) is 24.4 Å². The molecule has 3 rings (SSSR count). The average molecular weight is 398 g/mol. The van der Waals surface area contributed by atoms with Crippen LogP contribution in [0.15, 0.2) is 54.6 Å². The lowest BCUT2D eigenvalue weighted by atomic mass is 10.1. The maximum absolute atomic E-state index is 13.1. The van der Waals surface area contributed by atoms with E-state index < -0.39 is 5.97 Å². The molecule has 28 heavy (non-hydrogen) atoms. The summed E-state index contributed by atoms with van der Waals surface area (Å²) in [7, 11) is 0. The van der Waals surface area contributed by atoms with Crippen molar-refractivity contribution < 1.29 is 18.7 Å². The van der Waals surface area contributed by atoms with Gasteiger partial charge < -0.3 is 10.1 Å². The quantitative estimate of drug-likeness (QED) is 0.629. The highest BCUT2D eigenvalue weighted by Gasteiger charge is 2.19. The molecule has 2 aromatic carbocycles. The number of ether oxygens (including phenoxy) is 1. The summed E-state index contributed by atoms with van der Waals surface area (Å²) in [5, 5.41) is 3.38. The molecule has 144 valence electrons. The van der Waals surface area contributed by atoms with Crippen molar-refractivity contribution in [2.75, 3.05) is 6.61 Å². The van der Waals surface area contributed by atoms with Crippen molar-refractivity contribution in [1.29, 1.82) is 0 Å². The number of benzene rings is 2. The second kappa shape index (κ2) is 8.75. The number of hydrogen-bond donors (Lipinski definition) is 1. The second-order valence-corrected chi connectivity index (χ2v) is 7.22. The van der Waals surface area contributed by atoms with Crippen molar-refractivity contribution in [2.24, 2.45) is 0 Å². The molecule has 0 fully saturated rings. The van der Waals surface area contributed by atoms with Crippen LogP contribution in [-0.4, -0.2) is 23.5 Å². The lowest BCUT2D eigenvalue weighted by Gasteiger charge is -2.14. The van der Waals surface area contributed by atoms with E-state index in [0.717, 1.165) is 16.9 Å². The predicted molar refractivity (Wildman–Crippen MR) is 106 cm³/mol. The summed E-state index contributed by atoms with van der Waals surface area (Å²) in [4.78, 5) is 29.1. The Kier molecular flexibility index (Phi) is 6.16. The highest BCUT2D eigenvalue weighted by atomic mass is 32.1. The average Bonchev–Trinajstić information content (AvgIpc) is 3.09. The van der Waals surface area contributed by atoms with Gasteiger partial charge in [0.15, 0.2) is 6.61 Å². The fourth-order valence-corrected chi connectivity index (χ4v) is 3.57. The van der Waals surface area contributed by atoms with E-state index in [1.165, 1.54) is 12.1 Å². The Labute approximate surface area is 166 Å². The number of nitrogens with zero attached hydrogens (tertiary/aromatic N) is 1. The van der Waals surface area contributed by atoms with Crippen molar-refractivity contribution in [1.82, 2.24) is 10.3 Å². The third kappa shape index (κ3) is 4.80. The van der Waals surface area contributed by atoms with E-state index in [4.69, 9.17) is 4.74 Å². The summed E-state index contributed by atoms with van der Waals surface area (Å²) < 4.78 is 18.2. The zero-order valence-corrected chi connectivity index (χ0v) is 16.3. The number of thiazole rings is 1. The monoisotopic (exact) mass is 398 g/mol. The fourth-order valence-electron chi connectivity index (χ4n) is 2.61. The maximum atomic E-state index is 13.1. The molecular formula is C21H19FN2O3S. The molecule has 1 aromatic heterocycles. The lowest BCUT2D eigenvalue weighted by molar-refractivity contribution is -0.124. The summed E-state index contributed by atoms with van der Waals surface area (Å²) in [5.74, 6) is -1.33. The van der Waals surface area contributed by atoms with Gasteiger partial charge in [-0.3, -0.25) is 4.79 Å². The van der Waals surface area contributed by atoms with Gasteiger partial charge in [0, 0.05) is 5.56 Å². The molecule has 0 saturated heterocycles. The Hall–Kier alpha value is -3.06. The molecule has 1 N–H and O–H groups in total. The van der Waals surface area contributed by atoms with Gasteiger partial charge in [0.2, 0.25) is 0 Å². The van der Waals surface area contributed by atoms with Gasteiger partial charge in [0.25, 0.3) is 5.91 Å². The van der Waals surface area contributed by atoms with Crippen LogP contribution in [0.3, 0.4) is 0 Å². The second-order valence-electron chi connectivity index (χ2n) is 6.22. The molecule has 0 spiro atoms. The minimum absolute atomic E-state index is 0.192. The van der Waals surface area contributed by atoms with Crippen LogP contribution in [0.5, 0.6) is 0 Å². The van der Waals surface area contributed by atoms with E-state index in [0.29, 0.717) is 21.1 Å². The Morgan fingerprint density at radius 3 is 2.50 bits per heavy atom. The number of carbonyl (C=O) groups excluding carboxylic acids is 2. The highest BCUT2D eigenvalue weighted by molar-refractivity contribution is 7.17. The van der Waals surface area contributed by atoms with Gasteiger partial charge in [0.05, 0.1) is 11.7 Å². The van der Waals surface area contributed by atoms with Gasteiger partial charge in [-0.1, -0.05) is 30.3 Å². The van der Waals surface area contributed by atoms with Crippen LogP contribution < -0.4 is 5.32 Å². The number of amides is 1. The molecule has 1 amide bonds. The van der Waals surface area contributed by atoms with Gasteiger partial charge >= 0.3 is 5.97 Å². The normalized spacial score (nSPS) is 11.7. The first-order valence-corrected chi connectivity index (χ1v) is 9.50. The number of rotatable bonds is 6. The highest BCUT2D eigenvalue weighted by Crippen LogP contribution is 2.28. The number of hydrogen-bond acceptors (Lipinski definition) is 5. The van der Waals surface area contributed by atoms with Crippen LogP contribution in [-0.2, 0) is 9.53 Å². The minimum atomic E-state index is -0.606. The van der Waals surface area contributed by atoms with Gasteiger partial charge in [-0.15, -0.1) is 11.3 Å². The summed E-state index contributed by atoms with van der Waals surface area (Å²) in [6.45, 7) is 3.17. The van der Waals surface area contributed by atoms with Crippen LogP contribution in [0.2, 0.25) is 0 Å². The molecule has 0 aliphatic rings.